The van der Waals surface area contributed by atoms with Crippen molar-refractivity contribution in [3.8, 4) is 10.6 Å². The van der Waals surface area contributed by atoms with Crippen molar-refractivity contribution in [2.24, 2.45) is 0 Å². The van der Waals surface area contributed by atoms with Crippen LogP contribution in [0.1, 0.15) is 11.3 Å². The molecule has 2 amide bonds. The summed E-state index contributed by atoms with van der Waals surface area (Å²) < 4.78 is 0. The molecule has 2 aromatic carbocycles. The highest BCUT2D eigenvalue weighted by Crippen LogP contribution is 2.25. The zero-order chi connectivity index (χ0) is 17.6. The highest BCUT2D eigenvalue weighted by molar-refractivity contribution is 7.13. The second-order valence-corrected chi connectivity index (χ2v) is 6.94. The Bertz CT molecular complexity index is 844. The first-order valence-corrected chi connectivity index (χ1v) is 9.18. The number of carbonyl (C=O) groups excluding carboxylic acids is 1. The van der Waals surface area contributed by atoms with Gasteiger partial charge >= 0.3 is 6.03 Å². The van der Waals surface area contributed by atoms with Gasteiger partial charge in [0.15, 0.2) is 0 Å². The van der Waals surface area contributed by atoms with Crippen LogP contribution in [-0.4, -0.2) is 17.6 Å². The number of rotatable bonds is 5. The minimum atomic E-state index is -0.211. The van der Waals surface area contributed by atoms with Crippen molar-refractivity contribution in [1.29, 1.82) is 0 Å². The molecule has 0 radical (unpaired) electrons. The van der Waals surface area contributed by atoms with Gasteiger partial charge in [-0.15, -0.1) is 11.3 Å². The molecule has 0 bridgehead atoms. The van der Waals surface area contributed by atoms with E-state index in [4.69, 9.17) is 11.6 Å². The van der Waals surface area contributed by atoms with Crippen LogP contribution in [0.3, 0.4) is 0 Å². The maximum atomic E-state index is 11.9. The van der Waals surface area contributed by atoms with Crippen LogP contribution in [0.4, 0.5) is 10.5 Å². The van der Waals surface area contributed by atoms with E-state index >= 15 is 0 Å². The van der Waals surface area contributed by atoms with Crippen molar-refractivity contribution in [2.45, 2.75) is 13.3 Å². The van der Waals surface area contributed by atoms with Crippen molar-refractivity contribution in [3.63, 3.8) is 0 Å². The lowest BCUT2D eigenvalue weighted by molar-refractivity contribution is 0.252. The molecular weight excluding hydrogens is 354 g/mol. The summed E-state index contributed by atoms with van der Waals surface area (Å²) in [7, 11) is 0. The summed E-state index contributed by atoms with van der Waals surface area (Å²) >= 11 is 7.49. The van der Waals surface area contributed by atoms with E-state index in [0.717, 1.165) is 27.5 Å². The molecular formula is C19H18ClN3OS. The standard InChI is InChI=1S/C19H18ClN3OS/c1-13-2-8-16(9-3-13)23-19(24)21-11-10-17-12-25-18(22-17)14-4-6-15(20)7-5-14/h2-9,12H,10-11H2,1H3,(H2,21,23,24). The summed E-state index contributed by atoms with van der Waals surface area (Å²) in [6.07, 6.45) is 0.686. The number of aryl methyl sites for hydroxylation is 1. The number of carbonyl (C=O) groups is 1. The number of anilines is 1. The molecule has 1 heterocycles. The largest absolute Gasteiger partial charge is 0.337 e. The topological polar surface area (TPSA) is 54.0 Å². The maximum Gasteiger partial charge on any atom is 0.319 e. The van der Waals surface area contributed by atoms with Crippen molar-refractivity contribution in [3.05, 3.63) is 70.2 Å². The van der Waals surface area contributed by atoms with E-state index in [9.17, 15) is 4.79 Å². The summed E-state index contributed by atoms with van der Waals surface area (Å²) in [5.74, 6) is 0. The van der Waals surface area contributed by atoms with E-state index < -0.39 is 0 Å². The minimum Gasteiger partial charge on any atom is -0.337 e. The van der Waals surface area contributed by atoms with Gasteiger partial charge in [-0.1, -0.05) is 41.4 Å². The van der Waals surface area contributed by atoms with Crippen LogP contribution in [0.15, 0.2) is 53.9 Å². The molecule has 0 spiro atoms. The highest BCUT2D eigenvalue weighted by atomic mass is 35.5. The van der Waals surface area contributed by atoms with Gasteiger partial charge in [0.2, 0.25) is 0 Å². The fraction of sp³-hybridized carbons (Fsp3) is 0.158. The van der Waals surface area contributed by atoms with Gasteiger partial charge in [-0.25, -0.2) is 9.78 Å². The van der Waals surface area contributed by atoms with Crippen LogP contribution >= 0.6 is 22.9 Å². The zero-order valence-corrected chi connectivity index (χ0v) is 15.3. The van der Waals surface area contributed by atoms with Gasteiger partial charge < -0.3 is 10.6 Å². The van der Waals surface area contributed by atoms with Crippen molar-refractivity contribution < 1.29 is 4.79 Å². The second kappa shape index (κ2) is 8.14. The van der Waals surface area contributed by atoms with E-state index in [1.807, 2.05) is 60.8 Å². The number of hydrogen-bond acceptors (Lipinski definition) is 3. The number of benzene rings is 2. The molecule has 0 aliphatic rings. The fourth-order valence-electron chi connectivity index (χ4n) is 2.26. The fourth-order valence-corrected chi connectivity index (χ4v) is 3.25. The number of nitrogens with one attached hydrogen (secondary N) is 2. The monoisotopic (exact) mass is 371 g/mol. The van der Waals surface area contributed by atoms with Crippen LogP contribution in [0, 0.1) is 6.92 Å². The Hall–Kier alpha value is -2.37. The molecule has 0 aliphatic heterocycles. The normalized spacial score (nSPS) is 10.5. The smallest absolute Gasteiger partial charge is 0.319 e. The third-order valence-corrected chi connectivity index (χ3v) is 4.81. The Balaban J connectivity index is 1.48. The first-order valence-electron chi connectivity index (χ1n) is 7.92. The second-order valence-electron chi connectivity index (χ2n) is 5.65. The van der Waals surface area contributed by atoms with Gasteiger partial charge in [-0.3, -0.25) is 0 Å². The van der Waals surface area contributed by atoms with E-state index in [-0.39, 0.29) is 6.03 Å². The average Bonchev–Trinajstić information content (AvgIpc) is 3.06. The number of halogens is 1. The summed E-state index contributed by atoms with van der Waals surface area (Å²) in [4.78, 5) is 16.5. The van der Waals surface area contributed by atoms with Gasteiger partial charge in [0, 0.05) is 34.6 Å². The highest BCUT2D eigenvalue weighted by Gasteiger charge is 2.06. The lowest BCUT2D eigenvalue weighted by Crippen LogP contribution is -2.30. The van der Waals surface area contributed by atoms with Crippen LogP contribution in [0.2, 0.25) is 5.02 Å². The predicted molar refractivity (Wildman–Crippen MR) is 104 cm³/mol. The van der Waals surface area contributed by atoms with Gasteiger partial charge in [0.05, 0.1) is 5.69 Å². The Morgan fingerprint density at radius 2 is 1.84 bits per heavy atom. The third kappa shape index (κ3) is 5.05. The molecule has 4 nitrogen and oxygen atoms in total. The SMILES string of the molecule is Cc1ccc(NC(=O)NCCc2csc(-c3ccc(Cl)cc3)n2)cc1. The van der Waals surface area contributed by atoms with E-state index in [0.29, 0.717) is 18.0 Å². The number of amides is 2. The van der Waals surface area contributed by atoms with Gasteiger partial charge in [-0.2, -0.15) is 0 Å². The summed E-state index contributed by atoms with van der Waals surface area (Å²) in [5, 5.41) is 9.34. The molecule has 1 aromatic heterocycles. The van der Waals surface area contributed by atoms with E-state index in [1.54, 1.807) is 11.3 Å². The van der Waals surface area contributed by atoms with E-state index in [1.165, 1.54) is 0 Å². The number of nitrogens with zero attached hydrogens (tertiary/aromatic N) is 1. The molecule has 0 atom stereocenters. The van der Waals surface area contributed by atoms with Gasteiger partial charge in [-0.05, 0) is 31.2 Å². The molecule has 0 saturated heterocycles. The molecule has 25 heavy (non-hydrogen) atoms. The number of hydrogen-bond donors (Lipinski definition) is 2. The first-order chi connectivity index (χ1) is 12.1. The van der Waals surface area contributed by atoms with Crippen LogP contribution in [0.25, 0.3) is 10.6 Å². The Morgan fingerprint density at radius 1 is 1.12 bits per heavy atom. The Morgan fingerprint density at radius 3 is 2.56 bits per heavy atom. The molecule has 2 N–H and O–H groups in total. The quantitative estimate of drug-likeness (QED) is 0.652. The van der Waals surface area contributed by atoms with Crippen LogP contribution in [0.5, 0.6) is 0 Å². The minimum absolute atomic E-state index is 0.211. The molecule has 0 unspecified atom stereocenters. The molecule has 3 rings (SSSR count). The molecule has 0 fully saturated rings. The van der Waals surface area contributed by atoms with Gasteiger partial charge in [0.1, 0.15) is 5.01 Å². The van der Waals surface area contributed by atoms with Crippen molar-refractivity contribution in [2.75, 3.05) is 11.9 Å². The maximum absolute atomic E-state index is 11.9. The van der Waals surface area contributed by atoms with Gasteiger partial charge in [0.25, 0.3) is 0 Å². The summed E-state index contributed by atoms with van der Waals surface area (Å²) in [5.41, 5.74) is 3.95. The molecule has 128 valence electrons. The third-order valence-electron chi connectivity index (χ3n) is 3.62. The van der Waals surface area contributed by atoms with Crippen LogP contribution < -0.4 is 10.6 Å². The molecule has 6 heteroatoms. The first kappa shape index (κ1) is 17.5. The number of aromatic nitrogens is 1. The summed E-state index contributed by atoms with van der Waals surface area (Å²) in [6.45, 7) is 2.54. The Labute approximate surface area is 155 Å². The zero-order valence-electron chi connectivity index (χ0n) is 13.8. The molecule has 3 aromatic rings. The lowest BCUT2D eigenvalue weighted by Gasteiger charge is -2.07. The number of urea groups is 1. The predicted octanol–water partition coefficient (Wildman–Crippen LogP) is 5.14. The number of thiazole rings is 1. The average molecular weight is 372 g/mol. The Kier molecular flexibility index (Phi) is 5.68. The molecule has 0 saturated carbocycles. The van der Waals surface area contributed by atoms with E-state index in [2.05, 4.69) is 15.6 Å². The van der Waals surface area contributed by atoms with Crippen molar-refractivity contribution >= 4 is 34.7 Å². The van der Waals surface area contributed by atoms with Crippen LogP contribution in [-0.2, 0) is 6.42 Å². The molecule has 0 aliphatic carbocycles. The summed E-state index contributed by atoms with van der Waals surface area (Å²) in [6, 6.07) is 15.1. The van der Waals surface area contributed by atoms with Crippen molar-refractivity contribution in [1.82, 2.24) is 10.3 Å². The lowest BCUT2D eigenvalue weighted by atomic mass is 10.2.